The van der Waals surface area contributed by atoms with E-state index < -0.39 is 0 Å². The van der Waals surface area contributed by atoms with Gasteiger partial charge >= 0.3 is 0 Å². The van der Waals surface area contributed by atoms with Crippen molar-refractivity contribution in [2.75, 3.05) is 32.1 Å². The second-order valence-electron chi connectivity index (χ2n) is 4.34. The third kappa shape index (κ3) is 2.15. The fourth-order valence-electron chi connectivity index (χ4n) is 2.03. The minimum atomic E-state index is 0.491. The molecule has 0 bridgehead atoms. The molecule has 0 amide bonds. The van der Waals surface area contributed by atoms with Crippen LogP contribution in [0.1, 0.15) is 12.1 Å². The number of hydrogen-bond acceptors (Lipinski definition) is 4. The molecule has 0 aliphatic carbocycles. The van der Waals surface area contributed by atoms with Crippen molar-refractivity contribution in [2.45, 2.75) is 12.5 Å². The highest BCUT2D eigenvalue weighted by Gasteiger charge is 2.24. The Morgan fingerprint density at radius 3 is 2.94 bits per heavy atom. The summed E-state index contributed by atoms with van der Waals surface area (Å²) in [6.07, 6.45) is 1.16. The van der Waals surface area contributed by atoms with Crippen molar-refractivity contribution in [3.63, 3.8) is 0 Å². The Morgan fingerprint density at radius 1 is 1.50 bits per heavy atom. The molecule has 1 unspecified atom stereocenters. The lowest BCUT2D eigenvalue weighted by Crippen LogP contribution is -2.31. The van der Waals surface area contributed by atoms with E-state index in [-0.39, 0.29) is 0 Å². The molecule has 0 N–H and O–H groups in total. The zero-order valence-electron chi connectivity index (χ0n) is 9.72. The highest BCUT2D eigenvalue weighted by Crippen LogP contribution is 2.20. The lowest BCUT2D eigenvalue weighted by atomic mass is 10.2. The van der Waals surface area contributed by atoms with E-state index in [2.05, 4.69) is 34.9 Å². The number of nitriles is 1. The van der Waals surface area contributed by atoms with E-state index in [9.17, 15) is 0 Å². The van der Waals surface area contributed by atoms with Gasteiger partial charge in [0.25, 0.3) is 0 Å². The number of likely N-dealkylation sites (N-methyl/N-ethyl adjacent to an activating group) is 1. The van der Waals surface area contributed by atoms with Gasteiger partial charge in [-0.25, -0.2) is 4.98 Å². The summed E-state index contributed by atoms with van der Waals surface area (Å²) in [4.78, 5) is 8.80. The number of pyridine rings is 1. The van der Waals surface area contributed by atoms with Crippen LogP contribution < -0.4 is 4.90 Å². The predicted octanol–water partition coefficient (Wildman–Crippen LogP) is 1.09. The van der Waals surface area contributed by atoms with Crippen LogP contribution >= 0.6 is 0 Å². The van der Waals surface area contributed by atoms with Gasteiger partial charge in [0.1, 0.15) is 17.6 Å². The van der Waals surface area contributed by atoms with Gasteiger partial charge in [-0.2, -0.15) is 5.26 Å². The third-order valence-electron chi connectivity index (χ3n) is 3.07. The zero-order chi connectivity index (χ0) is 11.5. The van der Waals surface area contributed by atoms with Gasteiger partial charge in [-0.05, 0) is 32.6 Å². The maximum Gasteiger partial charge on any atom is 0.142 e. The van der Waals surface area contributed by atoms with E-state index in [0.29, 0.717) is 11.7 Å². The second kappa shape index (κ2) is 4.50. The highest BCUT2D eigenvalue weighted by molar-refractivity contribution is 5.42. The monoisotopic (exact) mass is 216 g/mol. The molecule has 84 valence electrons. The summed E-state index contributed by atoms with van der Waals surface area (Å²) in [6.45, 7) is 2.01. The van der Waals surface area contributed by atoms with Gasteiger partial charge in [0.05, 0.1) is 0 Å². The van der Waals surface area contributed by atoms with Crippen LogP contribution in [0, 0.1) is 11.3 Å². The average molecular weight is 216 g/mol. The van der Waals surface area contributed by atoms with Crippen molar-refractivity contribution < 1.29 is 0 Å². The molecule has 2 rings (SSSR count). The Kier molecular flexibility index (Phi) is 3.07. The summed E-state index contributed by atoms with van der Waals surface area (Å²) in [5.41, 5.74) is 0.491. The number of rotatable bonds is 2. The van der Waals surface area contributed by atoms with Crippen LogP contribution in [-0.4, -0.2) is 43.1 Å². The van der Waals surface area contributed by atoms with Crippen molar-refractivity contribution in [1.82, 2.24) is 9.88 Å². The van der Waals surface area contributed by atoms with Crippen molar-refractivity contribution in [3.05, 3.63) is 23.9 Å². The summed E-state index contributed by atoms with van der Waals surface area (Å²) in [5.74, 6) is 0.920. The van der Waals surface area contributed by atoms with Crippen molar-refractivity contribution >= 4 is 5.82 Å². The van der Waals surface area contributed by atoms with Crippen LogP contribution in [0.2, 0.25) is 0 Å². The molecule has 16 heavy (non-hydrogen) atoms. The Hall–Kier alpha value is -1.60. The first-order chi connectivity index (χ1) is 7.70. The van der Waals surface area contributed by atoms with Gasteiger partial charge in [0.15, 0.2) is 0 Å². The van der Waals surface area contributed by atoms with E-state index in [0.717, 1.165) is 25.3 Å². The summed E-state index contributed by atoms with van der Waals surface area (Å²) in [7, 11) is 4.21. The first kappa shape index (κ1) is 10.9. The number of hydrogen-bond donors (Lipinski definition) is 0. The first-order valence-corrected chi connectivity index (χ1v) is 5.49. The molecular formula is C12H16N4. The number of nitrogens with zero attached hydrogens (tertiary/aromatic N) is 4. The maximum atomic E-state index is 8.81. The number of anilines is 1. The highest BCUT2D eigenvalue weighted by atomic mass is 15.3. The maximum absolute atomic E-state index is 8.81. The topological polar surface area (TPSA) is 43.2 Å². The van der Waals surface area contributed by atoms with Gasteiger partial charge in [-0.1, -0.05) is 6.07 Å². The molecular weight excluding hydrogens is 200 g/mol. The summed E-state index contributed by atoms with van der Waals surface area (Å²) in [5, 5.41) is 8.81. The Labute approximate surface area is 96.1 Å². The van der Waals surface area contributed by atoms with Crippen LogP contribution in [0.3, 0.4) is 0 Å². The first-order valence-electron chi connectivity index (χ1n) is 5.49. The largest absolute Gasteiger partial charge is 0.355 e. The summed E-state index contributed by atoms with van der Waals surface area (Å²) < 4.78 is 0. The van der Waals surface area contributed by atoms with Gasteiger partial charge in [-0.3, -0.25) is 0 Å². The summed E-state index contributed by atoms with van der Waals surface area (Å²) in [6, 6.07) is 8.27. The van der Waals surface area contributed by atoms with Gasteiger partial charge < -0.3 is 9.80 Å². The van der Waals surface area contributed by atoms with E-state index in [4.69, 9.17) is 5.26 Å². The molecule has 2 heterocycles. The standard InChI is InChI=1S/C12H16N4/c1-15(2)11-6-7-16(9-11)12-5-3-4-10(8-13)14-12/h3-5,11H,6-7,9H2,1-2H3. The lowest BCUT2D eigenvalue weighted by molar-refractivity contribution is 0.315. The zero-order valence-corrected chi connectivity index (χ0v) is 9.72. The van der Waals surface area contributed by atoms with Crippen LogP contribution in [0.4, 0.5) is 5.82 Å². The molecule has 0 saturated carbocycles. The fourth-order valence-corrected chi connectivity index (χ4v) is 2.03. The van der Waals surface area contributed by atoms with Crippen molar-refractivity contribution in [1.29, 1.82) is 5.26 Å². The number of aromatic nitrogens is 1. The molecule has 1 aliphatic rings. The molecule has 0 spiro atoms. The van der Waals surface area contributed by atoms with Crippen LogP contribution in [-0.2, 0) is 0 Å². The predicted molar refractivity (Wildman–Crippen MR) is 63.3 cm³/mol. The molecule has 0 radical (unpaired) electrons. The normalized spacial score (nSPS) is 20.1. The molecule has 1 aliphatic heterocycles. The molecule has 1 saturated heterocycles. The van der Waals surface area contributed by atoms with Gasteiger partial charge in [0, 0.05) is 19.1 Å². The Bertz CT molecular complexity index is 408. The van der Waals surface area contributed by atoms with E-state index >= 15 is 0 Å². The Morgan fingerprint density at radius 2 is 2.31 bits per heavy atom. The molecule has 0 aromatic carbocycles. The molecule has 4 heteroatoms. The molecule has 4 nitrogen and oxygen atoms in total. The van der Waals surface area contributed by atoms with Crippen molar-refractivity contribution in [3.8, 4) is 6.07 Å². The molecule has 1 aromatic rings. The minimum absolute atomic E-state index is 0.491. The quantitative estimate of drug-likeness (QED) is 0.742. The average Bonchev–Trinajstić information content (AvgIpc) is 2.78. The van der Waals surface area contributed by atoms with E-state index in [1.807, 2.05) is 12.1 Å². The van der Waals surface area contributed by atoms with E-state index in [1.54, 1.807) is 6.07 Å². The van der Waals surface area contributed by atoms with Crippen LogP contribution in [0.25, 0.3) is 0 Å². The van der Waals surface area contributed by atoms with Crippen LogP contribution in [0.5, 0.6) is 0 Å². The van der Waals surface area contributed by atoms with E-state index in [1.165, 1.54) is 0 Å². The van der Waals surface area contributed by atoms with Gasteiger partial charge in [-0.15, -0.1) is 0 Å². The van der Waals surface area contributed by atoms with Gasteiger partial charge in [0.2, 0.25) is 0 Å². The molecule has 1 fully saturated rings. The smallest absolute Gasteiger partial charge is 0.142 e. The fraction of sp³-hybridized carbons (Fsp3) is 0.500. The third-order valence-corrected chi connectivity index (χ3v) is 3.07. The van der Waals surface area contributed by atoms with Crippen LogP contribution in [0.15, 0.2) is 18.2 Å². The lowest BCUT2D eigenvalue weighted by Gasteiger charge is -2.21. The summed E-state index contributed by atoms with van der Waals surface area (Å²) >= 11 is 0. The molecule has 1 atom stereocenters. The Balaban J connectivity index is 2.12. The SMILES string of the molecule is CN(C)C1CCN(c2cccc(C#N)n2)C1. The molecule has 1 aromatic heterocycles. The van der Waals surface area contributed by atoms with Crippen molar-refractivity contribution in [2.24, 2.45) is 0 Å². The minimum Gasteiger partial charge on any atom is -0.355 e. The second-order valence-corrected chi connectivity index (χ2v) is 4.34.